The minimum absolute atomic E-state index is 0.0996. The van der Waals surface area contributed by atoms with Crippen molar-refractivity contribution in [1.82, 2.24) is 0 Å². The molecule has 1 fully saturated rings. The molecule has 2 nitrogen and oxygen atoms in total. The van der Waals surface area contributed by atoms with Gasteiger partial charge in [-0.2, -0.15) is 0 Å². The van der Waals surface area contributed by atoms with Gasteiger partial charge in [-0.25, -0.2) is 0 Å². The number of carbonyl (C=O) groups excluding carboxylic acids is 1. The number of fused-ring (bicyclic) bond motifs is 2. The first kappa shape index (κ1) is 10.8. The van der Waals surface area contributed by atoms with Gasteiger partial charge in [0.05, 0.1) is 0 Å². The van der Waals surface area contributed by atoms with E-state index in [0.29, 0.717) is 11.8 Å². The summed E-state index contributed by atoms with van der Waals surface area (Å²) in [7, 11) is 0. The van der Waals surface area contributed by atoms with E-state index in [-0.39, 0.29) is 11.3 Å². The first-order valence-electron chi connectivity index (χ1n) is 6.40. The lowest BCUT2D eigenvalue weighted by Gasteiger charge is -2.36. The van der Waals surface area contributed by atoms with Crippen LogP contribution in [0.1, 0.15) is 45.1 Å². The van der Waals surface area contributed by atoms with Crippen LogP contribution in [0, 0.1) is 5.41 Å². The summed E-state index contributed by atoms with van der Waals surface area (Å²) < 4.78 is 0. The number of hydrogen-bond acceptors (Lipinski definition) is 1. The standard InChI is InChI=1S/C15H19NO/c1-14(2)7-8-15(10-14)9-13(17)16-12-6-4-3-5-11(12)15/h3-6H,7-10H2,1-2H3,(H,16,17)/t15-/m1/s1. The van der Waals surface area contributed by atoms with E-state index in [1.54, 1.807) is 0 Å². The van der Waals surface area contributed by atoms with Crippen LogP contribution in [-0.2, 0) is 10.2 Å². The maximum Gasteiger partial charge on any atom is 0.225 e. The van der Waals surface area contributed by atoms with Crippen LogP contribution in [0.4, 0.5) is 5.69 Å². The number of carbonyl (C=O) groups is 1. The van der Waals surface area contributed by atoms with Crippen molar-refractivity contribution in [2.45, 2.75) is 44.9 Å². The Labute approximate surface area is 102 Å². The summed E-state index contributed by atoms with van der Waals surface area (Å²) in [5.41, 5.74) is 2.85. The highest BCUT2D eigenvalue weighted by atomic mass is 16.1. The molecule has 0 bridgehead atoms. The van der Waals surface area contributed by atoms with Gasteiger partial charge in [-0.05, 0) is 36.3 Å². The molecule has 1 aliphatic heterocycles. The Bertz CT molecular complexity index is 478. The van der Waals surface area contributed by atoms with Crippen LogP contribution in [0.3, 0.4) is 0 Å². The third kappa shape index (κ3) is 1.67. The van der Waals surface area contributed by atoms with Crippen molar-refractivity contribution >= 4 is 11.6 Å². The van der Waals surface area contributed by atoms with Gasteiger partial charge < -0.3 is 5.32 Å². The zero-order valence-corrected chi connectivity index (χ0v) is 10.5. The van der Waals surface area contributed by atoms with Gasteiger partial charge >= 0.3 is 0 Å². The zero-order chi connectivity index (χ0) is 12.1. The van der Waals surface area contributed by atoms with Gasteiger partial charge in [-0.1, -0.05) is 32.0 Å². The van der Waals surface area contributed by atoms with E-state index >= 15 is 0 Å². The Morgan fingerprint density at radius 3 is 2.65 bits per heavy atom. The molecule has 3 rings (SSSR count). The molecule has 1 N–H and O–H groups in total. The molecule has 2 heteroatoms. The largest absolute Gasteiger partial charge is 0.326 e. The molecule has 0 unspecified atom stereocenters. The smallest absolute Gasteiger partial charge is 0.225 e. The number of benzene rings is 1. The molecule has 2 aliphatic rings. The van der Waals surface area contributed by atoms with E-state index < -0.39 is 0 Å². The lowest BCUT2D eigenvalue weighted by Crippen LogP contribution is -2.35. The average Bonchev–Trinajstić information content (AvgIpc) is 2.55. The van der Waals surface area contributed by atoms with E-state index in [0.717, 1.165) is 18.5 Å². The molecule has 0 radical (unpaired) electrons. The van der Waals surface area contributed by atoms with E-state index in [4.69, 9.17) is 0 Å². The van der Waals surface area contributed by atoms with Crippen molar-refractivity contribution in [2.75, 3.05) is 5.32 Å². The van der Waals surface area contributed by atoms with Crippen LogP contribution in [0.25, 0.3) is 0 Å². The number of anilines is 1. The molecular weight excluding hydrogens is 210 g/mol. The maximum absolute atomic E-state index is 11.9. The molecule has 1 atom stereocenters. The second-order valence-electron chi connectivity index (χ2n) is 6.39. The topological polar surface area (TPSA) is 29.1 Å². The van der Waals surface area contributed by atoms with Crippen LogP contribution in [0.2, 0.25) is 0 Å². The molecule has 1 amide bonds. The average molecular weight is 229 g/mol. The van der Waals surface area contributed by atoms with Crippen LogP contribution < -0.4 is 5.32 Å². The lowest BCUT2D eigenvalue weighted by atomic mass is 9.71. The Balaban J connectivity index is 2.10. The van der Waals surface area contributed by atoms with E-state index in [2.05, 4.69) is 31.3 Å². The van der Waals surface area contributed by atoms with Gasteiger partial charge in [-0.3, -0.25) is 4.79 Å². The zero-order valence-electron chi connectivity index (χ0n) is 10.5. The van der Waals surface area contributed by atoms with Crippen LogP contribution >= 0.6 is 0 Å². The fourth-order valence-corrected chi connectivity index (χ4v) is 3.70. The molecule has 1 aliphatic carbocycles. The molecular formula is C15H19NO. The summed E-state index contributed by atoms with van der Waals surface area (Å²) in [6.07, 6.45) is 4.15. The summed E-state index contributed by atoms with van der Waals surface area (Å²) in [5.74, 6) is 0.182. The molecule has 0 saturated heterocycles. The highest BCUT2D eigenvalue weighted by Crippen LogP contribution is 2.55. The van der Waals surface area contributed by atoms with Crippen molar-refractivity contribution < 1.29 is 4.79 Å². The van der Waals surface area contributed by atoms with Gasteiger partial charge in [0, 0.05) is 17.5 Å². The van der Waals surface area contributed by atoms with E-state index in [1.807, 2.05) is 12.1 Å². The Hall–Kier alpha value is -1.31. The first-order chi connectivity index (χ1) is 8.01. The van der Waals surface area contributed by atoms with E-state index in [1.165, 1.54) is 12.0 Å². The monoisotopic (exact) mass is 229 g/mol. The third-order valence-electron chi connectivity index (χ3n) is 4.37. The SMILES string of the molecule is CC1(C)CC[C@@]2(CC(=O)Nc3ccccc32)C1. The number of nitrogens with one attached hydrogen (secondary N) is 1. The highest BCUT2D eigenvalue weighted by molar-refractivity contribution is 5.95. The molecule has 1 spiro atoms. The third-order valence-corrected chi connectivity index (χ3v) is 4.37. The quantitative estimate of drug-likeness (QED) is 0.725. The van der Waals surface area contributed by atoms with Crippen molar-refractivity contribution in [3.05, 3.63) is 29.8 Å². The summed E-state index contributed by atoms with van der Waals surface area (Å²) in [5, 5.41) is 3.00. The lowest BCUT2D eigenvalue weighted by molar-refractivity contribution is -0.117. The number of para-hydroxylation sites is 1. The van der Waals surface area contributed by atoms with Crippen molar-refractivity contribution in [3.8, 4) is 0 Å². The van der Waals surface area contributed by atoms with Crippen molar-refractivity contribution in [1.29, 1.82) is 0 Å². The Kier molecular flexibility index (Phi) is 2.13. The fourth-order valence-electron chi connectivity index (χ4n) is 3.70. The van der Waals surface area contributed by atoms with Crippen LogP contribution in [-0.4, -0.2) is 5.91 Å². The Morgan fingerprint density at radius 2 is 1.94 bits per heavy atom. The van der Waals surface area contributed by atoms with Gasteiger partial charge in [-0.15, -0.1) is 0 Å². The minimum atomic E-state index is 0.0996. The van der Waals surface area contributed by atoms with Crippen molar-refractivity contribution in [2.24, 2.45) is 5.41 Å². The molecule has 17 heavy (non-hydrogen) atoms. The van der Waals surface area contributed by atoms with Crippen molar-refractivity contribution in [3.63, 3.8) is 0 Å². The number of amides is 1. The van der Waals surface area contributed by atoms with E-state index in [9.17, 15) is 4.79 Å². The van der Waals surface area contributed by atoms with Crippen LogP contribution in [0.5, 0.6) is 0 Å². The summed E-state index contributed by atoms with van der Waals surface area (Å²) in [6.45, 7) is 4.63. The second-order valence-corrected chi connectivity index (χ2v) is 6.39. The summed E-state index contributed by atoms with van der Waals surface area (Å²) >= 11 is 0. The normalized spacial score (nSPS) is 30.1. The minimum Gasteiger partial charge on any atom is -0.326 e. The summed E-state index contributed by atoms with van der Waals surface area (Å²) in [6, 6.07) is 8.30. The number of hydrogen-bond donors (Lipinski definition) is 1. The number of rotatable bonds is 0. The molecule has 1 aromatic carbocycles. The van der Waals surface area contributed by atoms with Gasteiger partial charge in [0.25, 0.3) is 0 Å². The van der Waals surface area contributed by atoms with Gasteiger partial charge in [0.2, 0.25) is 5.91 Å². The predicted molar refractivity (Wildman–Crippen MR) is 69.0 cm³/mol. The maximum atomic E-state index is 11.9. The Morgan fingerprint density at radius 1 is 1.18 bits per heavy atom. The molecule has 0 aromatic heterocycles. The predicted octanol–water partition coefficient (Wildman–Crippen LogP) is 3.48. The molecule has 1 heterocycles. The fraction of sp³-hybridized carbons (Fsp3) is 0.533. The molecule has 90 valence electrons. The molecule has 1 aromatic rings. The summed E-state index contributed by atoms with van der Waals surface area (Å²) in [4.78, 5) is 11.9. The first-order valence-corrected chi connectivity index (χ1v) is 6.40. The second kappa shape index (κ2) is 3.34. The highest BCUT2D eigenvalue weighted by Gasteiger charge is 2.48. The van der Waals surface area contributed by atoms with Gasteiger partial charge in [0.1, 0.15) is 0 Å². The van der Waals surface area contributed by atoms with Gasteiger partial charge in [0.15, 0.2) is 0 Å². The molecule has 1 saturated carbocycles. The van der Waals surface area contributed by atoms with Crippen LogP contribution in [0.15, 0.2) is 24.3 Å².